The first-order valence-corrected chi connectivity index (χ1v) is 5.70. The first-order valence-electron chi connectivity index (χ1n) is 5.70. The first kappa shape index (κ1) is 10.1. The number of hydrogen-bond donors (Lipinski definition) is 2. The predicted molar refractivity (Wildman–Crippen MR) is 66.1 cm³/mol. The predicted octanol–water partition coefficient (Wildman–Crippen LogP) is 1.74. The van der Waals surface area contributed by atoms with E-state index in [0.29, 0.717) is 17.8 Å². The van der Waals surface area contributed by atoms with Gasteiger partial charge in [-0.25, -0.2) is 4.98 Å². The van der Waals surface area contributed by atoms with E-state index in [2.05, 4.69) is 27.4 Å². The summed E-state index contributed by atoms with van der Waals surface area (Å²) in [6, 6.07) is 10.7. The number of rotatable bonds is 3. The largest absolute Gasteiger partial charge is 0.362 e. The lowest BCUT2D eigenvalue weighted by atomic mass is 10.1. The number of anilines is 1. The summed E-state index contributed by atoms with van der Waals surface area (Å²) in [6.07, 6.45) is 4.18. The second kappa shape index (κ2) is 4.05. The molecule has 1 aromatic heterocycles. The van der Waals surface area contributed by atoms with Crippen molar-refractivity contribution in [2.45, 2.75) is 18.4 Å². The van der Waals surface area contributed by atoms with Crippen molar-refractivity contribution in [1.29, 1.82) is 0 Å². The quantitative estimate of drug-likeness (QED) is 0.839. The number of hydrogen-bond acceptors (Lipinski definition) is 3. The topological polar surface area (TPSA) is 57.8 Å². The lowest BCUT2D eigenvalue weighted by molar-refractivity contribution is 1.01. The lowest BCUT2D eigenvalue weighted by Gasteiger charge is -2.03. The molecular formula is C13H13N3O. The highest BCUT2D eigenvalue weighted by atomic mass is 16.1. The van der Waals surface area contributed by atoms with Crippen molar-refractivity contribution in [2.24, 2.45) is 0 Å². The Bertz CT molecular complexity index is 564. The van der Waals surface area contributed by atoms with Crippen molar-refractivity contribution in [3.05, 3.63) is 58.6 Å². The maximum absolute atomic E-state index is 11.4. The smallest absolute Gasteiger partial charge is 0.290 e. The van der Waals surface area contributed by atoms with Crippen LogP contribution in [0.1, 0.15) is 17.9 Å². The Morgan fingerprint density at radius 3 is 2.88 bits per heavy atom. The SMILES string of the molecule is O=c1[nH]ccnc1NC1CC1c1ccccc1. The van der Waals surface area contributed by atoms with Crippen LogP contribution in [0.25, 0.3) is 0 Å². The average Bonchev–Trinajstić information content (AvgIpc) is 3.13. The van der Waals surface area contributed by atoms with Gasteiger partial charge in [0, 0.05) is 24.4 Å². The summed E-state index contributed by atoms with van der Waals surface area (Å²) >= 11 is 0. The second-order valence-corrected chi connectivity index (χ2v) is 4.27. The van der Waals surface area contributed by atoms with Gasteiger partial charge in [0.25, 0.3) is 5.56 Å². The molecule has 17 heavy (non-hydrogen) atoms. The zero-order chi connectivity index (χ0) is 11.7. The van der Waals surface area contributed by atoms with Gasteiger partial charge in [0.2, 0.25) is 0 Å². The molecule has 4 heteroatoms. The van der Waals surface area contributed by atoms with Gasteiger partial charge in [-0.3, -0.25) is 4.79 Å². The molecule has 0 aliphatic heterocycles. The van der Waals surface area contributed by atoms with E-state index in [0.717, 1.165) is 6.42 Å². The molecule has 3 rings (SSSR count). The molecule has 1 fully saturated rings. The van der Waals surface area contributed by atoms with Crippen LogP contribution >= 0.6 is 0 Å². The molecule has 1 saturated carbocycles. The van der Waals surface area contributed by atoms with E-state index in [1.165, 1.54) is 11.8 Å². The van der Waals surface area contributed by atoms with Gasteiger partial charge in [-0.1, -0.05) is 30.3 Å². The number of nitrogens with zero attached hydrogens (tertiary/aromatic N) is 1. The van der Waals surface area contributed by atoms with Gasteiger partial charge in [-0.05, 0) is 12.0 Å². The fourth-order valence-corrected chi connectivity index (χ4v) is 2.05. The van der Waals surface area contributed by atoms with E-state index < -0.39 is 0 Å². The Balaban J connectivity index is 1.71. The second-order valence-electron chi connectivity index (χ2n) is 4.27. The molecule has 0 saturated heterocycles. The highest BCUT2D eigenvalue weighted by Gasteiger charge is 2.38. The van der Waals surface area contributed by atoms with Crippen LogP contribution in [0.5, 0.6) is 0 Å². The Morgan fingerprint density at radius 2 is 2.12 bits per heavy atom. The van der Waals surface area contributed by atoms with Gasteiger partial charge in [0.05, 0.1) is 0 Å². The zero-order valence-electron chi connectivity index (χ0n) is 9.26. The standard InChI is InChI=1S/C13H13N3O/c17-13-12(14-6-7-15-13)16-11-8-10(11)9-4-2-1-3-5-9/h1-7,10-11H,8H2,(H,14,16)(H,15,17). The third-order valence-electron chi connectivity index (χ3n) is 3.05. The van der Waals surface area contributed by atoms with Crippen molar-refractivity contribution >= 4 is 5.82 Å². The summed E-state index contributed by atoms with van der Waals surface area (Å²) in [5.74, 6) is 0.911. The lowest BCUT2D eigenvalue weighted by Crippen LogP contribution is -2.17. The van der Waals surface area contributed by atoms with E-state index in [1.54, 1.807) is 6.20 Å². The third kappa shape index (κ3) is 2.06. The van der Waals surface area contributed by atoms with E-state index in [-0.39, 0.29) is 5.56 Å². The molecule has 0 bridgehead atoms. The molecule has 2 atom stereocenters. The summed E-state index contributed by atoms with van der Waals surface area (Å²) in [5.41, 5.74) is 1.16. The summed E-state index contributed by atoms with van der Waals surface area (Å²) < 4.78 is 0. The van der Waals surface area contributed by atoms with Crippen LogP contribution in [-0.4, -0.2) is 16.0 Å². The summed E-state index contributed by atoms with van der Waals surface area (Å²) in [7, 11) is 0. The normalized spacial score (nSPS) is 22.1. The minimum Gasteiger partial charge on any atom is -0.362 e. The maximum Gasteiger partial charge on any atom is 0.290 e. The summed E-state index contributed by atoms with van der Waals surface area (Å²) in [4.78, 5) is 18.1. The molecule has 2 N–H and O–H groups in total. The van der Waals surface area contributed by atoms with Gasteiger partial charge >= 0.3 is 0 Å². The van der Waals surface area contributed by atoms with Gasteiger partial charge in [-0.2, -0.15) is 0 Å². The highest BCUT2D eigenvalue weighted by Crippen LogP contribution is 2.41. The van der Waals surface area contributed by atoms with Crippen molar-refractivity contribution in [3.63, 3.8) is 0 Å². The van der Waals surface area contributed by atoms with Crippen LogP contribution in [0, 0.1) is 0 Å². The molecule has 0 amide bonds. The van der Waals surface area contributed by atoms with Crippen LogP contribution in [0.15, 0.2) is 47.5 Å². The van der Waals surface area contributed by atoms with Gasteiger partial charge < -0.3 is 10.3 Å². The number of benzene rings is 1. The van der Waals surface area contributed by atoms with E-state index in [4.69, 9.17) is 0 Å². The fraction of sp³-hybridized carbons (Fsp3) is 0.231. The van der Waals surface area contributed by atoms with Crippen LogP contribution in [0.4, 0.5) is 5.82 Å². The molecule has 1 aromatic carbocycles. The number of H-pyrrole nitrogens is 1. The number of nitrogens with one attached hydrogen (secondary N) is 2. The molecule has 0 spiro atoms. The summed E-state index contributed by atoms with van der Waals surface area (Å²) in [5, 5.41) is 3.18. The Kier molecular flexibility index (Phi) is 2.40. The van der Waals surface area contributed by atoms with Crippen LogP contribution in [0.2, 0.25) is 0 Å². The molecule has 4 nitrogen and oxygen atoms in total. The van der Waals surface area contributed by atoms with Crippen LogP contribution in [0.3, 0.4) is 0 Å². The minimum atomic E-state index is -0.161. The molecule has 86 valence electrons. The average molecular weight is 227 g/mol. The molecule has 1 aliphatic carbocycles. The van der Waals surface area contributed by atoms with Crippen LogP contribution < -0.4 is 10.9 Å². The van der Waals surface area contributed by atoms with Gasteiger partial charge in [0.15, 0.2) is 5.82 Å². The van der Waals surface area contributed by atoms with E-state index in [1.807, 2.05) is 18.2 Å². The monoisotopic (exact) mass is 227 g/mol. The first-order chi connectivity index (χ1) is 8.34. The molecule has 0 radical (unpaired) electrons. The molecule has 2 aromatic rings. The summed E-state index contributed by atoms with van der Waals surface area (Å²) in [6.45, 7) is 0. The molecule has 1 heterocycles. The van der Waals surface area contributed by atoms with Gasteiger partial charge in [-0.15, -0.1) is 0 Å². The van der Waals surface area contributed by atoms with Crippen molar-refractivity contribution < 1.29 is 0 Å². The zero-order valence-corrected chi connectivity index (χ0v) is 9.26. The number of aromatic nitrogens is 2. The van der Waals surface area contributed by atoms with Crippen molar-refractivity contribution in [2.75, 3.05) is 5.32 Å². The van der Waals surface area contributed by atoms with Crippen molar-refractivity contribution in [3.8, 4) is 0 Å². The number of aromatic amines is 1. The maximum atomic E-state index is 11.4. The Hall–Kier alpha value is -2.10. The van der Waals surface area contributed by atoms with E-state index >= 15 is 0 Å². The van der Waals surface area contributed by atoms with Gasteiger partial charge in [0.1, 0.15) is 0 Å². The minimum absolute atomic E-state index is 0.161. The van der Waals surface area contributed by atoms with Crippen LogP contribution in [-0.2, 0) is 0 Å². The molecular weight excluding hydrogens is 214 g/mol. The van der Waals surface area contributed by atoms with Crippen molar-refractivity contribution in [1.82, 2.24) is 9.97 Å². The molecule has 2 unspecified atom stereocenters. The Labute approximate surface area is 98.7 Å². The van der Waals surface area contributed by atoms with E-state index in [9.17, 15) is 4.79 Å². The fourth-order valence-electron chi connectivity index (χ4n) is 2.05. The Morgan fingerprint density at radius 1 is 1.29 bits per heavy atom. The molecule has 1 aliphatic rings. The highest BCUT2D eigenvalue weighted by molar-refractivity contribution is 5.39. The third-order valence-corrected chi connectivity index (χ3v) is 3.05.